The van der Waals surface area contributed by atoms with Crippen molar-refractivity contribution < 1.29 is 9.90 Å². The zero-order valence-electron chi connectivity index (χ0n) is 12.7. The van der Waals surface area contributed by atoms with Crippen LogP contribution in [0.3, 0.4) is 0 Å². The third-order valence-corrected chi connectivity index (χ3v) is 5.01. The molecule has 0 aromatic rings. The monoisotopic (exact) mass is 267 g/mol. The summed E-state index contributed by atoms with van der Waals surface area (Å²) in [5.41, 5.74) is 0.370. The van der Waals surface area contributed by atoms with E-state index in [9.17, 15) is 9.90 Å². The van der Waals surface area contributed by atoms with E-state index in [1.807, 2.05) is 4.90 Å². The second-order valence-electron chi connectivity index (χ2n) is 7.49. The molecule has 0 radical (unpaired) electrons. The summed E-state index contributed by atoms with van der Waals surface area (Å²) in [5, 5.41) is 9.68. The van der Waals surface area contributed by atoms with Gasteiger partial charge in [-0.2, -0.15) is 0 Å². The van der Waals surface area contributed by atoms with Crippen molar-refractivity contribution in [1.29, 1.82) is 0 Å². The van der Waals surface area contributed by atoms with Crippen LogP contribution in [0.25, 0.3) is 0 Å². The van der Waals surface area contributed by atoms with Gasteiger partial charge in [-0.1, -0.05) is 20.8 Å². The van der Waals surface area contributed by atoms with E-state index in [-0.39, 0.29) is 12.0 Å². The fourth-order valence-corrected chi connectivity index (χ4v) is 3.62. The van der Waals surface area contributed by atoms with Crippen LogP contribution >= 0.6 is 0 Å². The summed E-state index contributed by atoms with van der Waals surface area (Å²) >= 11 is 0. The summed E-state index contributed by atoms with van der Waals surface area (Å²) in [6.07, 6.45) is 5.92. The highest BCUT2D eigenvalue weighted by molar-refractivity contribution is 5.79. The van der Waals surface area contributed by atoms with E-state index in [2.05, 4.69) is 20.8 Å². The van der Waals surface area contributed by atoms with Gasteiger partial charge in [0.15, 0.2) is 0 Å². The Morgan fingerprint density at radius 1 is 1.11 bits per heavy atom. The molecule has 3 heteroatoms. The maximum Gasteiger partial charge on any atom is 0.225 e. The Morgan fingerprint density at radius 3 is 2.26 bits per heavy atom. The lowest BCUT2D eigenvalue weighted by atomic mass is 9.69. The molecule has 2 fully saturated rings. The summed E-state index contributed by atoms with van der Waals surface area (Å²) in [4.78, 5) is 14.4. The number of aliphatic hydroxyl groups is 1. The highest BCUT2D eigenvalue weighted by Crippen LogP contribution is 2.40. The smallest absolute Gasteiger partial charge is 0.225 e. The molecule has 110 valence electrons. The van der Waals surface area contributed by atoms with Gasteiger partial charge in [0.1, 0.15) is 0 Å². The lowest BCUT2D eigenvalue weighted by Crippen LogP contribution is -2.45. The molecule has 1 aliphatic heterocycles. The molecule has 0 bridgehead atoms. The summed E-state index contributed by atoms with van der Waals surface area (Å²) in [5.74, 6) is 1.26. The van der Waals surface area contributed by atoms with Crippen molar-refractivity contribution in [1.82, 2.24) is 4.90 Å². The number of piperidine rings is 1. The van der Waals surface area contributed by atoms with Crippen molar-refractivity contribution in [2.24, 2.45) is 17.3 Å². The molecule has 19 heavy (non-hydrogen) atoms. The van der Waals surface area contributed by atoms with Crippen molar-refractivity contribution in [3.63, 3.8) is 0 Å². The fourth-order valence-electron chi connectivity index (χ4n) is 3.62. The minimum absolute atomic E-state index is 0.212. The number of nitrogens with zero attached hydrogens (tertiary/aromatic N) is 1. The molecule has 2 aliphatic rings. The van der Waals surface area contributed by atoms with E-state index in [1.54, 1.807) is 0 Å². The number of rotatable bonds is 1. The molecule has 1 saturated carbocycles. The number of aliphatic hydroxyl groups excluding tert-OH is 1. The van der Waals surface area contributed by atoms with Crippen LogP contribution in [0.4, 0.5) is 0 Å². The van der Waals surface area contributed by atoms with Gasteiger partial charge in [-0.05, 0) is 49.9 Å². The van der Waals surface area contributed by atoms with Crippen LogP contribution in [0.5, 0.6) is 0 Å². The van der Waals surface area contributed by atoms with Crippen molar-refractivity contribution in [2.45, 2.75) is 65.4 Å². The molecule has 0 aromatic heterocycles. The topological polar surface area (TPSA) is 40.5 Å². The number of hydrogen-bond donors (Lipinski definition) is 1. The van der Waals surface area contributed by atoms with Gasteiger partial charge in [0, 0.05) is 19.0 Å². The number of likely N-dealkylation sites (tertiary alicyclic amines) is 1. The first-order valence-corrected chi connectivity index (χ1v) is 7.85. The lowest BCUT2D eigenvalue weighted by molar-refractivity contribution is -0.140. The Kier molecular flexibility index (Phi) is 4.54. The molecule has 2 rings (SSSR count). The second-order valence-corrected chi connectivity index (χ2v) is 7.49. The first kappa shape index (κ1) is 14.8. The van der Waals surface area contributed by atoms with Gasteiger partial charge in [0.25, 0.3) is 0 Å². The maximum atomic E-state index is 12.5. The highest BCUT2D eigenvalue weighted by Gasteiger charge is 2.34. The Bertz CT molecular complexity index is 313. The molecule has 0 spiro atoms. The van der Waals surface area contributed by atoms with Gasteiger partial charge in [-0.15, -0.1) is 0 Å². The average molecular weight is 267 g/mol. The van der Waals surface area contributed by atoms with E-state index in [4.69, 9.17) is 0 Å². The number of hydrogen-bond acceptors (Lipinski definition) is 2. The average Bonchev–Trinajstić information content (AvgIpc) is 2.37. The van der Waals surface area contributed by atoms with Gasteiger partial charge in [-0.25, -0.2) is 0 Å². The number of carbonyl (C=O) groups excluding carboxylic acids is 1. The van der Waals surface area contributed by atoms with E-state index < -0.39 is 0 Å². The predicted molar refractivity (Wildman–Crippen MR) is 76.7 cm³/mol. The van der Waals surface area contributed by atoms with E-state index in [0.29, 0.717) is 17.9 Å². The van der Waals surface area contributed by atoms with E-state index in [1.165, 1.54) is 12.8 Å². The van der Waals surface area contributed by atoms with Gasteiger partial charge >= 0.3 is 0 Å². The normalized spacial score (nSPS) is 33.3. The Hall–Kier alpha value is -0.570. The molecule has 3 nitrogen and oxygen atoms in total. The molecule has 1 amide bonds. The van der Waals surface area contributed by atoms with Crippen LogP contribution in [0, 0.1) is 17.3 Å². The van der Waals surface area contributed by atoms with Crippen LogP contribution in [0.2, 0.25) is 0 Å². The molecule has 1 unspecified atom stereocenters. The number of amides is 1. The molecule has 1 aliphatic carbocycles. The molecule has 1 heterocycles. The highest BCUT2D eigenvalue weighted by atomic mass is 16.3. The zero-order valence-corrected chi connectivity index (χ0v) is 12.7. The number of β-amino-alcohol motifs (C(OH)–C–C–N with tert-alkyl or cyclic N) is 1. The van der Waals surface area contributed by atoms with Crippen LogP contribution < -0.4 is 0 Å². The fraction of sp³-hybridized carbons (Fsp3) is 0.938. The Labute approximate surface area is 117 Å². The SMILES string of the molecule is CC(C)(C)C1CCC(C(=O)N2CCCC(O)C2)CC1. The Morgan fingerprint density at radius 2 is 1.74 bits per heavy atom. The molecule has 1 atom stereocenters. The third kappa shape index (κ3) is 3.71. The first-order chi connectivity index (χ1) is 8.88. The van der Waals surface area contributed by atoms with Gasteiger partial charge < -0.3 is 10.0 Å². The first-order valence-electron chi connectivity index (χ1n) is 7.85. The van der Waals surface area contributed by atoms with Crippen LogP contribution in [-0.4, -0.2) is 35.1 Å². The quantitative estimate of drug-likeness (QED) is 0.793. The Balaban J connectivity index is 1.85. The third-order valence-electron chi connectivity index (χ3n) is 5.01. The molecule has 0 aromatic carbocycles. The molecular formula is C16H29NO2. The standard InChI is InChI=1S/C16H29NO2/c1-16(2,3)13-8-6-12(7-9-13)15(19)17-10-4-5-14(18)11-17/h12-14,18H,4-11H2,1-3H3. The van der Waals surface area contributed by atoms with Crippen molar-refractivity contribution in [3.05, 3.63) is 0 Å². The zero-order chi connectivity index (χ0) is 14.0. The summed E-state index contributed by atoms with van der Waals surface area (Å²) in [7, 11) is 0. The van der Waals surface area contributed by atoms with Crippen molar-refractivity contribution in [2.75, 3.05) is 13.1 Å². The number of carbonyl (C=O) groups is 1. The van der Waals surface area contributed by atoms with Crippen LogP contribution in [0.1, 0.15) is 59.3 Å². The summed E-state index contributed by atoms with van der Waals surface area (Å²) < 4.78 is 0. The predicted octanol–water partition coefficient (Wildman–Crippen LogP) is 2.82. The lowest BCUT2D eigenvalue weighted by Gasteiger charge is -2.39. The van der Waals surface area contributed by atoms with Gasteiger partial charge in [0.05, 0.1) is 6.10 Å². The molecule has 1 saturated heterocycles. The second kappa shape index (κ2) is 5.82. The molecular weight excluding hydrogens is 238 g/mol. The van der Waals surface area contributed by atoms with Crippen molar-refractivity contribution >= 4 is 5.91 Å². The minimum atomic E-state index is -0.302. The largest absolute Gasteiger partial charge is 0.391 e. The van der Waals surface area contributed by atoms with E-state index >= 15 is 0 Å². The van der Waals surface area contributed by atoms with Gasteiger partial charge in [-0.3, -0.25) is 4.79 Å². The van der Waals surface area contributed by atoms with Crippen molar-refractivity contribution in [3.8, 4) is 0 Å². The van der Waals surface area contributed by atoms with E-state index in [0.717, 1.165) is 38.1 Å². The summed E-state index contributed by atoms with van der Waals surface area (Å²) in [6, 6.07) is 0. The van der Waals surface area contributed by atoms with Gasteiger partial charge in [0.2, 0.25) is 5.91 Å². The molecule has 1 N–H and O–H groups in total. The minimum Gasteiger partial charge on any atom is -0.391 e. The van der Waals surface area contributed by atoms with Crippen LogP contribution in [-0.2, 0) is 4.79 Å². The summed E-state index contributed by atoms with van der Waals surface area (Å²) in [6.45, 7) is 8.32. The maximum absolute atomic E-state index is 12.5. The van der Waals surface area contributed by atoms with Crippen LogP contribution in [0.15, 0.2) is 0 Å².